The van der Waals surface area contributed by atoms with Crippen LogP contribution in [0.5, 0.6) is 5.75 Å². The number of halogens is 3. The second kappa shape index (κ2) is 7.57. The summed E-state index contributed by atoms with van der Waals surface area (Å²) in [5.41, 5.74) is 2.19. The van der Waals surface area contributed by atoms with E-state index in [1.54, 1.807) is 12.2 Å². The molecule has 0 spiro atoms. The molecule has 0 N–H and O–H groups in total. The van der Waals surface area contributed by atoms with Gasteiger partial charge in [-0.1, -0.05) is 30.3 Å². The van der Waals surface area contributed by atoms with E-state index in [4.69, 9.17) is 4.74 Å². The Hall–Kier alpha value is -2.53. The summed E-state index contributed by atoms with van der Waals surface area (Å²) < 4.78 is 43.2. The van der Waals surface area contributed by atoms with Crippen molar-refractivity contribution in [3.05, 3.63) is 82.6 Å². The van der Waals surface area contributed by atoms with Crippen molar-refractivity contribution in [1.29, 1.82) is 0 Å². The lowest BCUT2D eigenvalue weighted by atomic mass is 10.1. The Morgan fingerprint density at radius 1 is 1.04 bits per heavy atom. The van der Waals surface area contributed by atoms with E-state index in [9.17, 15) is 13.2 Å². The van der Waals surface area contributed by atoms with Crippen LogP contribution in [-0.4, -0.2) is 6.61 Å². The highest BCUT2D eigenvalue weighted by Crippen LogP contribution is 2.29. The Balaban J connectivity index is 1.58. The molecule has 0 aliphatic carbocycles. The SMILES string of the molecule is FC(F)(F)c1ccc(/C=C/COc2cccc(-c3c[c]sc3)c2)cc1. The van der Waals surface area contributed by atoms with Gasteiger partial charge in [-0.2, -0.15) is 13.2 Å². The third-order valence-corrected chi connectivity index (χ3v) is 4.16. The van der Waals surface area contributed by atoms with Crippen LogP contribution in [0.3, 0.4) is 0 Å². The summed E-state index contributed by atoms with van der Waals surface area (Å²) in [6.07, 6.45) is -0.804. The maximum atomic E-state index is 12.5. The Morgan fingerprint density at radius 3 is 2.52 bits per heavy atom. The molecule has 0 unspecified atom stereocenters. The lowest BCUT2D eigenvalue weighted by Crippen LogP contribution is -2.03. The lowest BCUT2D eigenvalue weighted by Gasteiger charge is -2.06. The summed E-state index contributed by atoms with van der Waals surface area (Å²) in [6, 6.07) is 14.7. The third kappa shape index (κ3) is 4.73. The topological polar surface area (TPSA) is 9.23 Å². The van der Waals surface area contributed by atoms with E-state index < -0.39 is 11.7 Å². The van der Waals surface area contributed by atoms with Crippen LogP contribution in [0.1, 0.15) is 11.1 Å². The van der Waals surface area contributed by atoms with Crippen molar-refractivity contribution >= 4 is 17.4 Å². The zero-order valence-electron chi connectivity index (χ0n) is 13.1. The van der Waals surface area contributed by atoms with E-state index in [0.717, 1.165) is 29.0 Å². The van der Waals surface area contributed by atoms with Crippen LogP contribution < -0.4 is 4.74 Å². The molecule has 0 aliphatic rings. The van der Waals surface area contributed by atoms with E-state index in [0.29, 0.717) is 12.2 Å². The van der Waals surface area contributed by atoms with Crippen molar-refractivity contribution in [3.63, 3.8) is 0 Å². The van der Waals surface area contributed by atoms with Gasteiger partial charge in [0.15, 0.2) is 0 Å². The first-order valence-corrected chi connectivity index (χ1v) is 8.42. The predicted octanol–water partition coefficient (Wildman–Crippen LogP) is 6.33. The van der Waals surface area contributed by atoms with Crippen LogP contribution in [0.4, 0.5) is 13.2 Å². The summed E-state index contributed by atoms with van der Waals surface area (Å²) in [7, 11) is 0. The first kappa shape index (κ1) is 17.3. The summed E-state index contributed by atoms with van der Waals surface area (Å²) in [4.78, 5) is 0. The molecule has 2 aromatic carbocycles. The van der Waals surface area contributed by atoms with Crippen LogP contribution in [0, 0.1) is 5.38 Å². The zero-order chi connectivity index (χ0) is 17.7. The highest BCUT2D eigenvalue weighted by atomic mass is 32.1. The average Bonchev–Trinajstić information content (AvgIpc) is 3.13. The summed E-state index contributed by atoms with van der Waals surface area (Å²) in [5, 5.41) is 5.07. The second-order valence-corrected chi connectivity index (χ2v) is 6.02. The maximum Gasteiger partial charge on any atom is 0.416 e. The fraction of sp³-hybridized carbons (Fsp3) is 0.100. The number of hydrogen-bond donors (Lipinski definition) is 0. The minimum atomic E-state index is -4.31. The van der Waals surface area contributed by atoms with Gasteiger partial charge in [0.2, 0.25) is 0 Å². The second-order valence-electron chi connectivity index (χ2n) is 5.31. The molecule has 0 saturated carbocycles. The molecular weight excluding hydrogens is 345 g/mol. The smallest absolute Gasteiger partial charge is 0.416 e. The van der Waals surface area contributed by atoms with E-state index in [1.807, 2.05) is 35.7 Å². The standard InChI is InChI=1S/C20H14F3OS/c21-20(22,23)18-8-6-15(7-9-18)3-2-11-24-19-5-1-4-16(13-19)17-10-12-25-14-17/h1-10,13-14H,11H2/b3-2+. The van der Waals surface area contributed by atoms with Gasteiger partial charge < -0.3 is 4.74 Å². The van der Waals surface area contributed by atoms with Crippen LogP contribution in [0.2, 0.25) is 0 Å². The van der Waals surface area contributed by atoms with Crippen molar-refractivity contribution in [2.24, 2.45) is 0 Å². The number of thiophene rings is 1. The molecule has 1 aromatic heterocycles. The van der Waals surface area contributed by atoms with E-state index in [1.165, 1.54) is 23.5 Å². The molecule has 3 rings (SSSR count). The highest BCUT2D eigenvalue weighted by Gasteiger charge is 2.29. The summed E-state index contributed by atoms with van der Waals surface area (Å²) in [5.74, 6) is 0.737. The van der Waals surface area contributed by atoms with Gasteiger partial charge in [0.25, 0.3) is 0 Å². The monoisotopic (exact) mass is 359 g/mol. The number of hydrogen-bond acceptors (Lipinski definition) is 2. The summed E-state index contributed by atoms with van der Waals surface area (Å²) in [6.45, 7) is 0.334. The minimum absolute atomic E-state index is 0.334. The first-order chi connectivity index (χ1) is 12.0. The maximum absolute atomic E-state index is 12.5. The Kier molecular flexibility index (Phi) is 5.24. The van der Waals surface area contributed by atoms with Gasteiger partial charge >= 0.3 is 6.18 Å². The third-order valence-electron chi connectivity index (χ3n) is 3.53. The highest BCUT2D eigenvalue weighted by molar-refractivity contribution is 7.07. The molecule has 25 heavy (non-hydrogen) atoms. The molecule has 0 atom stereocenters. The molecule has 1 nitrogen and oxygen atoms in total. The largest absolute Gasteiger partial charge is 0.490 e. The first-order valence-electron chi connectivity index (χ1n) is 7.54. The van der Waals surface area contributed by atoms with E-state index in [-0.39, 0.29) is 0 Å². The van der Waals surface area contributed by atoms with Crippen LogP contribution in [0.25, 0.3) is 17.2 Å². The molecule has 1 radical (unpaired) electrons. The molecule has 0 saturated heterocycles. The van der Waals surface area contributed by atoms with Crippen LogP contribution >= 0.6 is 11.3 Å². The minimum Gasteiger partial charge on any atom is -0.490 e. The fourth-order valence-electron chi connectivity index (χ4n) is 2.26. The molecule has 0 fully saturated rings. The Bertz CT molecular complexity index is 834. The Morgan fingerprint density at radius 2 is 1.84 bits per heavy atom. The van der Waals surface area contributed by atoms with Gasteiger partial charge in [0, 0.05) is 5.38 Å². The molecule has 5 heteroatoms. The van der Waals surface area contributed by atoms with Gasteiger partial charge in [-0.3, -0.25) is 0 Å². The van der Waals surface area contributed by atoms with Crippen molar-refractivity contribution in [3.8, 4) is 16.9 Å². The van der Waals surface area contributed by atoms with Gasteiger partial charge in [-0.15, -0.1) is 11.3 Å². The zero-order valence-corrected chi connectivity index (χ0v) is 13.9. The molecule has 0 aliphatic heterocycles. The van der Waals surface area contributed by atoms with Gasteiger partial charge in [0.05, 0.1) is 5.56 Å². The molecular formula is C20H14F3OS. The molecule has 127 valence electrons. The van der Waals surface area contributed by atoms with Crippen LogP contribution in [-0.2, 0) is 6.18 Å². The number of alkyl halides is 3. The predicted molar refractivity (Wildman–Crippen MR) is 94.6 cm³/mol. The molecule has 3 aromatic rings. The van der Waals surface area contributed by atoms with Crippen molar-refractivity contribution in [2.75, 3.05) is 6.61 Å². The number of rotatable bonds is 5. The number of benzene rings is 2. The lowest BCUT2D eigenvalue weighted by molar-refractivity contribution is -0.137. The quantitative estimate of drug-likeness (QED) is 0.517. The van der Waals surface area contributed by atoms with Crippen molar-refractivity contribution in [1.82, 2.24) is 0 Å². The molecule has 1 heterocycles. The van der Waals surface area contributed by atoms with Gasteiger partial charge in [-0.05, 0) is 58.5 Å². The number of ether oxygens (including phenoxy) is 1. The van der Waals surface area contributed by atoms with E-state index >= 15 is 0 Å². The van der Waals surface area contributed by atoms with Gasteiger partial charge in [-0.25, -0.2) is 0 Å². The normalized spacial score (nSPS) is 11.8. The Labute approximate surface area is 148 Å². The average molecular weight is 359 g/mol. The summed E-state index contributed by atoms with van der Waals surface area (Å²) >= 11 is 1.51. The fourth-order valence-corrected chi connectivity index (χ4v) is 2.85. The van der Waals surface area contributed by atoms with Crippen molar-refractivity contribution < 1.29 is 17.9 Å². The van der Waals surface area contributed by atoms with E-state index in [2.05, 4.69) is 5.38 Å². The molecule has 0 amide bonds. The van der Waals surface area contributed by atoms with Crippen molar-refractivity contribution in [2.45, 2.75) is 6.18 Å². The van der Waals surface area contributed by atoms with Gasteiger partial charge in [0.1, 0.15) is 12.4 Å². The molecule has 0 bridgehead atoms. The van der Waals surface area contributed by atoms with Crippen LogP contribution in [0.15, 0.2) is 66.1 Å².